The van der Waals surface area contributed by atoms with Crippen LogP contribution >= 0.6 is 0 Å². The van der Waals surface area contributed by atoms with Crippen molar-refractivity contribution in [2.24, 2.45) is 5.41 Å². The maximum Gasteiger partial charge on any atom is 0.229 e. The molecule has 0 spiro atoms. The highest BCUT2D eigenvalue weighted by atomic mass is 16.5. The van der Waals surface area contributed by atoms with Crippen LogP contribution in [0.25, 0.3) is 0 Å². The molecule has 2 N–H and O–H groups in total. The molecule has 1 atom stereocenters. The Morgan fingerprint density at radius 3 is 2.73 bits per heavy atom. The average molecular weight is 306 g/mol. The zero-order valence-corrected chi connectivity index (χ0v) is 13.6. The van der Waals surface area contributed by atoms with Gasteiger partial charge in [0.15, 0.2) is 0 Å². The van der Waals surface area contributed by atoms with Crippen LogP contribution in [0.3, 0.4) is 0 Å². The predicted octanol–water partition coefficient (Wildman–Crippen LogP) is 1.89. The van der Waals surface area contributed by atoms with Gasteiger partial charge in [0.05, 0.1) is 25.2 Å². The van der Waals surface area contributed by atoms with Gasteiger partial charge in [-0.3, -0.25) is 4.79 Å². The van der Waals surface area contributed by atoms with Crippen molar-refractivity contribution < 1.29 is 14.3 Å². The summed E-state index contributed by atoms with van der Waals surface area (Å²) in [5, 5.41) is 6.44. The Kier molecular flexibility index (Phi) is 5.80. The van der Waals surface area contributed by atoms with Crippen LogP contribution in [-0.2, 0) is 9.53 Å². The smallest absolute Gasteiger partial charge is 0.229 e. The molecule has 0 bridgehead atoms. The minimum absolute atomic E-state index is 0.0637. The van der Waals surface area contributed by atoms with E-state index in [1.165, 1.54) is 0 Å². The van der Waals surface area contributed by atoms with Gasteiger partial charge in [-0.1, -0.05) is 12.1 Å². The van der Waals surface area contributed by atoms with E-state index in [9.17, 15) is 4.79 Å². The summed E-state index contributed by atoms with van der Waals surface area (Å²) >= 11 is 0. The Labute approximate surface area is 132 Å². The quantitative estimate of drug-likeness (QED) is 0.842. The Morgan fingerprint density at radius 2 is 2.09 bits per heavy atom. The number of benzene rings is 1. The zero-order chi connectivity index (χ0) is 16.0. The fraction of sp³-hybridized carbons (Fsp3) is 0.588. The summed E-state index contributed by atoms with van der Waals surface area (Å²) in [6.07, 6.45) is 1.61. The van der Waals surface area contributed by atoms with E-state index in [0.29, 0.717) is 6.61 Å². The Morgan fingerprint density at radius 1 is 1.36 bits per heavy atom. The van der Waals surface area contributed by atoms with Gasteiger partial charge in [0.25, 0.3) is 0 Å². The summed E-state index contributed by atoms with van der Waals surface area (Å²) in [7, 11) is 3.30. The molecule has 5 heteroatoms. The van der Waals surface area contributed by atoms with Gasteiger partial charge in [-0.15, -0.1) is 0 Å². The van der Waals surface area contributed by atoms with Crippen LogP contribution in [0.15, 0.2) is 24.3 Å². The van der Waals surface area contributed by atoms with Gasteiger partial charge in [0.2, 0.25) is 5.91 Å². The number of nitrogens with one attached hydrogen (secondary N) is 2. The number of methoxy groups -OCH3 is 2. The van der Waals surface area contributed by atoms with Gasteiger partial charge in [0.1, 0.15) is 5.75 Å². The van der Waals surface area contributed by atoms with Crippen molar-refractivity contribution in [1.29, 1.82) is 0 Å². The molecular weight excluding hydrogens is 280 g/mol. The standard InChI is InChI=1S/C17H26N2O3/c1-13(14-5-4-6-15(11-14)22-3)19-16(20)17(12-21-2)7-9-18-10-8-17/h4-6,11,13,18H,7-10,12H2,1-3H3,(H,19,20). The molecule has 1 heterocycles. The maximum absolute atomic E-state index is 12.8. The van der Waals surface area contributed by atoms with Gasteiger partial charge < -0.3 is 20.1 Å². The summed E-state index contributed by atoms with van der Waals surface area (Å²) in [4.78, 5) is 12.8. The minimum atomic E-state index is -0.423. The number of rotatable bonds is 6. The molecule has 0 radical (unpaired) electrons. The lowest BCUT2D eigenvalue weighted by atomic mass is 9.78. The molecular formula is C17H26N2O3. The minimum Gasteiger partial charge on any atom is -0.497 e. The SMILES string of the molecule is COCC1(C(=O)NC(C)c2cccc(OC)c2)CCNCC1. The van der Waals surface area contributed by atoms with Crippen LogP contribution in [0.1, 0.15) is 31.4 Å². The lowest BCUT2D eigenvalue weighted by Crippen LogP contribution is -2.50. The summed E-state index contributed by atoms with van der Waals surface area (Å²) in [5.74, 6) is 0.873. The summed E-state index contributed by atoms with van der Waals surface area (Å²) in [5.41, 5.74) is 0.613. The highest BCUT2D eigenvalue weighted by Gasteiger charge is 2.40. The zero-order valence-electron chi connectivity index (χ0n) is 13.6. The molecule has 1 amide bonds. The second kappa shape index (κ2) is 7.61. The molecule has 1 aromatic carbocycles. The molecule has 2 rings (SSSR count). The van der Waals surface area contributed by atoms with E-state index < -0.39 is 5.41 Å². The van der Waals surface area contributed by atoms with Crippen molar-refractivity contribution in [3.63, 3.8) is 0 Å². The molecule has 1 aliphatic rings. The van der Waals surface area contributed by atoms with Crippen molar-refractivity contribution in [3.8, 4) is 5.75 Å². The van der Waals surface area contributed by atoms with Crippen molar-refractivity contribution in [2.75, 3.05) is 33.9 Å². The first-order valence-corrected chi connectivity index (χ1v) is 7.76. The molecule has 5 nitrogen and oxygen atoms in total. The Balaban J connectivity index is 2.08. The van der Waals surface area contributed by atoms with Gasteiger partial charge in [-0.2, -0.15) is 0 Å². The van der Waals surface area contributed by atoms with Crippen LogP contribution in [-0.4, -0.2) is 39.8 Å². The van der Waals surface area contributed by atoms with Crippen molar-refractivity contribution in [2.45, 2.75) is 25.8 Å². The van der Waals surface area contributed by atoms with Gasteiger partial charge in [-0.25, -0.2) is 0 Å². The molecule has 1 saturated heterocycles. The number of amides is 1. The molecule has 1 unspecified atom stereocenters. The van der Waals surface area contributed by atoms with Crippen LogP contribution < -0.4 is 15.4 Å². The molecule has 1 aromatic rings. The second-order valence-electron chi connectivity index (χ2n) is 5.94. The lowest BCUT2D eigenvalue weighted by molar-refractivity contribution is -0.136. The van der Waals surface area contributed by atoms with Crippen molar-refractivity contribution in [3.05, 3.63) is 29.8 Å². The first-order chi connectivity index (χ1) is 10.6. The van der Waals surface area contributed by atoms with Gasteiger partial charge in [-0.05, 0) is 50.6 Å². The lowest BCUT2D eigenvalue weighted by Gasteiger charge is -2.36. The van der Waals surface area contributed by atoms with E-state index >= 15 is 0 Å². The molecule has 1 aliphatic heterocycles. The first-order valence-electron chi connectivity index (χ1n) is 7.76. The molecule has 0 aromatic heterocycles. The topological polar surface area (TPSA) is 59.6 Å². The van der Waals surface area contributed by atoms with Gasteiger partial charge in [0, 0.05) is 7.11 Å². The van der Waals surface area contributed by atoms with Crippen LogP contribution in [0.5, 0.6) is 5.75 Å². The normalized spacial score (nSPS) is 18.5. The summed E-state index contributed by atoms with van der Waals surface area (Å²) in [6.45, 7) is 4.16. The van der Waals surface area contributed by atoms with E-state index in [0.717, 1.165) is 37.2 Å². The fourth-order valence-electron chi connectivity index (χ4n) is 2.96. The van der Waals surface area contributed by atoms with Crippen molar-refractivity contribution in [1.82, 2.24) is 10.6 Å². The van der Waals surface area contributed by atoms with Crippen LogP contribution in [0, 0.1) is 5.41 Å². The van der Waals surface area contributed by atoms with Gasteiger partial charge >= 0.3 is 0 Å². The number of hydrogen-bond donors (Lipinski definition) is 2. The maximum atomic E-state index is 12.8. The van der Waals surface area contributed by atoms with E-state index in [-0.39, 0.29) is 11.9 Å². The second-order valence-corrected chi connectivity index (χ2v) is 5.94. The number of hydrogen-bond acceptors (Lipinski definition) is 4. The molecule has 122 valence electrons. The molecule has 0 aliphatic carbocycles. The Hall–Kier alpha value is -1.59. The predicted molar refractivity (Wildman–Crippen MR) is 86.0 cm³/mol. The monoisotopic (exact) mass is 306 g/mol. The molecule has 22 heavy (non-hydrogen) atoms. The third kappa shape index (κ3) is 3.78. The molecule has 0 saturated carbocycles. The first kappa shape index (κ1) is 16.8. The number of piperidine rings is 1. The van der Waals surface area contributed by atoms with E-state index in [1.54, 1.807) is 14.2 Å². The Bertz CT molecular complexity index is 493. The fourth-order valence-corrected chi connectivity index (χ4v) is 2.96. The van der Waals surface area contributed by atoms with Crippen LogP contribution in [0.4, 0.5) is 0 Å². The highest BCUT2D eigenvalue weighted by molar-refractivity contribution is 5.83. The van der Waals surface area contributed by atoms with E-state index in [4.69, 9.17) is 9.47 Å². The number of ether oxygens (including phenoxy) is 2. The van der Waals surface area contributed by atoms with Crippen LogP contribution in [0.2, 0.25) is 0 Å². The van der Waals surface area contributed by atoms with E-state index in [2.05, 4.69) is 10.6 Å². The summed E-state index contributed by atoms with van der Waals surface area (Å²) < 4.78 is 10.6. The number of carbonyl (C=O) groups is 1. The van der Waals surface area contributed by atoms with E-state index in [1.807, 2.05) is 31.2 Å². The highest BCUT2D eigenvalue weighted by Crippen LogP contribution is 2.30. The van der Waals surface area contributed by atoms with Crippen molar-refractivity contribution >= 4 is 5.91 Å². The average Bonchev–Trinajstić information content (AvgIpc) is 2.56. The largest absolute Gasteiger partial charge is 0.497 e. The third-order valence-corrected chi connectivity index (χ3v) is 4.40. The third-order valence-electron chi connectivity index (χ3n) is 4.40. The molecule has 1 fully saturated rings. The summed E-state index contributed by atoms with van der Waals surface area (Å²) in [6, 6.07) is 7.73. The number of carbonyl (C=O) groups excluding carboxylic acids is 1.